The monoisotopic (exact) mass is 327 g/mol. The summed E-state index contributed by atoms with van der Waals surface area (Å²) >= 11 is 0. The quantitative estimate of drug-likeness (QED) is 0.912. The number of fused-ring (bicyclic) bond motifs is 2. The van der Waals surface area contributed by atoms with Crippen molar-refractivity contribution in [2.75, 3.05) is 13.1 Å². The second-order valence-corrected chi connectivity index (χ2v) is 7.43. The predicted octanol–water partition coefficient (Wildman–Crippen LogP) is 1.37. The zero-order valence-electron chi connectivity index (χ0n) is 14.4. The smallest absolute Gasteiger partial charge is 0.246 e. The predicted molar refractivity (Wildman–Crippen MR) is 91.4 cm³/mol. The van der Waals surface area contributed by atoms with Crippen LogP contribution in [0.1, 0.15) is 36.0 Å². The van der Waals surface area contributed by atoms with Crippen LogP contribution in [0.4, 0.5) is 0 Å². The van der Waals surface area contributed by atoms with Crippen molar-refractivity contribution in [1.82, 2.24) is 15.1 Å². The molecule has 0 aromatic heterocycles. The van der Waals surface area contributed by atoms with Gasteiger partial charge in [0, 0.05) is 25.7 Å². The van der Waals surface area contributed by atoms with Gasteiger partial charge in [-0.15, -0.1) is 0 Å². The minimum atomic E-state index is -0.246. The minimum absolute atomic E-state index is 0.160. The molecule has 3 fully saturated rings. The number of nitrogens with zero attached hydrogens (tertiary/aromatic N) is 2. The molecule has 2 amide bonds. The number of hydrogen-bond donors (Lipinski definition) is 1. The van der Waals surface area contributed by atoms with Gasteiger partial charge in [-0.3, -0.25) is 9.59 Å². The molecular weight excluding hydrogens is 302 g/mol. The Bertz CT molecular complexity index is 657. The largest absolute Gasteiger partial charge is 0.329 e. The Morgan fingerprint density at radius 3 is 2.67 bits per heavy atom. The van der Waals surface area contributed by atoms with Crippen molar-refractivity contribution < 1.29 is 9.59 Å². The van der Waals surface area contributed by atoms with E-state index < -0.39 is 0 Å². The van der Waals surface area contributed by atoms with E-state index in [9.17, 15) is 9.59 Å². The second-order valence-electron chi connectivity index (χ2n) is 7.43. The molecule has 3 aliphatic heterocycles. The maximum atomic E-state index is 12.6. The van der Waals surface area contributed by atoms with E-state index in [1.165, 1.54) is 16.7 Å². The molecule has 3 atom stereocenters. The van der Waals surface area contributed by atoms with E-state index in [4.69, 9.17) is 0 Å². The van der Waals surface area contributed by atoms with E-state index in [2.05, 4.69) is 37.4 Å². The van der Waals surface area contributed by atoms with Crippen molar-refractivity contribution >= 4 is 11.8 Å². The number of aryl methyl sites for hydroxylation is 2. The lowest BCUT2D eigenvalue weighted by atomic mass is 10.0. The van der Waals surface area contributed by atoms with Gasteiger partial charge in [0.2, 0.25) is 11.8 Å². The maximum Gasteiger partial charge on any atom is 0.246 e. The Labute approximate surface area is 143 Å². The van der Waals surface area contributed by atoms with Crippen molar-refractivity contribution in [2.45, 2.75) is 57.8 Å². The number of benzene rings is 1. The summed E-state index contributed by atoms with van der Waals surface area (Å²) in [6.45, 7) is 6.43. The van der Waals surface area contributed by atoms with Crippen LogP contribution < -0.4 is 5.32 Å². The van der Waals surface area contributed by atoms with Gasteiger partial charge in [0.15, 0.2) is 0 Å². The first-order chi connectivity index (χ1) is 11.5. The standard InChI is InChI=1S/C19H25N3O2/c1-12-5-6-14(8-13(12)2)10-20-15-9-17-19(24)21-7-3-4-16(21)18(23)22(17)11-15/h5-6,8,15-17,20H,3-4,7,9-11H2,1-2H3/t15-,16-,17-/m0/s1. The van der Waals surface area contributed by atoms with E-state index in [0.717, 1.165) is 32.4 Å². The van der Waals surface area contributed by atoms with E-state index in [-0.39, 0.29) is 29.9 Å². The molecule has 1 N–H and O–H groups in total. The van der Waals surface area contributed by atoms with Crippen LogP contribution in [0, 0.1) is 13.8 Å². The van der Waals surface area contributed by atoms with Crippen LogP contribution in [0.5, 0.6) is 0 Å². The van der Waals surface area contributed by atoms with Gasteiger partial charge in [0.25, 0.3) is 0 Å². The molecule has 3 aliphatic rings. The van der Waals surface area contributed by atoms with Gasteiger partial charge in [0.1, 0.15) is 12.1 Å². The summed E-state index contributed by atoms with van der Waals surface area (Å²) in [4.78, 5) is 28.9. The van der Waals surface area contributed by atoms with Crippen LogP contribution in [0.15, 0.2) is 18.2 Å². The SMILES string of the molecule is Cc1ccc(CN[C@H]2C[C@H]3C(=O)N4CCC[C@H]4C(=O)N3C2)cc1C. The van der Waals surface area contributed by atoms with Crippen LogP contribution in [0.2, 0.25) is 0 Å². The van der Waals surface area contributed by atoms with Crippen LogP contribution in [0.25, 0.3) is 0 Å². The third-order valence-corrected chi connectivity index (χ3v) is 5.86. The maximum absolute atomic E-state index is 12.6. The van der Waals surface area contributed by atoms with Crippen molar-refractivity contribution in [2.24, 2.45) is 0 Å². The van der Waals surface area contributed by atoms with Crippen molar-refractivity contribution in [3.8, 4) is 0 Å². The molecule has 4 rings (SSSR count). The molecule has 0 bridgehead atoms. The molecule has 1 aromatic carbocycles. The lowest BCUT2D eigenvalue weighted by molar-refractivity contribution is -0.156. The minimum Gasteiger partial charge on any atom is -0.329 e. The highest BCUT2D eigenvalue weighted by Crippen LogP contribution is 2.32. The molecule has 24 heavy (non-hydrogen) atoms. The van der Waals surface area contributed by atoms with E-state index in [1.807, 2.05) is 9.80 Å². The lowest BCUT2D eigenvalue weighted by Crippen LogP contribution is -2.60. The summed E-state index contributed by atoms with van der Waals surface area (Å²) in [5, 5.41) is 3.54. The first-order valence-corrected chi connectivity index (χ1v) is 8.95. The fraction of sp³-hybridized carbons (Fsp3) is 0.579. The van der Waals surface area contributed by atoms with Crippen LogP contribution >= 0.6 is 0 Å². The number of piperazine rings is 1. The summed E-state index contributed by atoms with van der Waals surface area (Å²) in [6.07, 6.45) is 2.52. The molecule has 5 heteroatoms. The van der Waals surface area contributed by atoms with E-state index >= 15 is 0 Å². The Kier molecular flexibility index (Phi) is 3.83. The molecule has 0 unspecified atom stereocenters. The molecule has 0 saturated carbocycles. The van der Waals surface area contributed by atoms with Gasteiger partial charge in [0.05, 0.1) is 0 Å². The summed E-state index contributed by atoms with van der Waals surface area (Å²) in [5.74, 6) is 0.320. The van der Waals surface area contributed by atoms with Gasteiger partial charge in [-0.05, 0) is 49.8 Å². The van der Waals surface area contributed by atoms with Gasteiger partial charge in [-0.25, -0.2) is 0 Å². The van der Waals surface area contributed by atoms with Gasteiger partial charge < -0.3 is 15.1 Å². The molecule has 5 nitrogen and oxygen atoms in total. The third kappa shape index (κ3) is 2.51. The topological polar surface area (TPSA) is 52.7 Å². The summed E-state index contributed by atoms with van der Waals surface area (Å²) in [7, 11) is 0. The van der Waals surface area contributed by atoms with Crippen molar-refractivity contribution in [1.29, 1.82) is 0 Å². The number of amides is 2. The first-order valence-electron chi connectivity index (χ1n) is 8.95. The summed E-state index contributed by atoms with van der Waals surface area (Å²) in [6, 6.07) is 6.26. The zero-order valence-corrected chi connectivity index (χ0v) is 14.4. The Morgan fingerprint density at radius 1 is 1.08 bits per heavy atom. The van der Waals surface area contributed by atoms with Crippen LogP contribution in [-0.2, 0) is 16.1 Å². The summed E-state index contributed by atoms with van der Waals surface area (Å²) < 4.78 is 0. The highest BCUT2D eigenvalue weighted by molar-refractivity contribution is 5.98. The van der Waals surface area contributed by atoms with Crippen LogP contribution in [-0.4, -0.2) is 52.8 Å². The number of rotatable bonds is 3. The fourth-order valence-electron chi connectivity index (χ4n) is 4.31. The van der Waals surface area contributed by atoms with Gasteiger partial charge in [-0.2, -0.15) is 0 Å². The summed E-state index contributed by atoms with van der Waals surface area (Å²) in [5.41, 5.74) is 3.85. The lowest BCUT2D eigenvalue weighted by Gasteiger charge is -2.38. The highest BCUT2D eigenvalue weighted by Gasteiger charge is 2.51. The molecular formula is C19H25N3O2. The third-order valence-electron chi connectivity index (χ3n) is 5.86. The Hall–Kier alpha value is -1.88. The fourth-order valence-corrected chi connectivity index (χ4v) is 4.31. The second kappa shape index (κ2) is 5.88. The number of hydrogen-bond acceptors (Lipinski definition) is 3. The number of carbonyl (C=O) groups excluding carboxylic acids is 2. The van der Waals surface area contributed by atoms with E-state index in [1.54, 1.807) is 0 Å². The zero-order chi connectivity index (χ0) is 16.8. The number of carbonyl (C=O) groups is 2. The highest BCUT2D eigenvalue weighted by atomic mass is 16.2. The average molecular weight is 327 g/mol. The molecule has 0 radical (unpaired) electrons. The van der Waals surface area contributed by atoms with Crippen LogP contribution in [0.3, 0.4) is 0 Å². The normalized spacial score (nSPS) is 29.2. The molecule has 3 saturated heterocycles. The Morgan fingerprint density at radius 2 is 1.88 bits per heavy atom. The molecule has 3 heterocycles. The average Bonchev–Trinajstić information content (AvgIpc) is 3.21. The van der Waals surface area contributed by atoms with Gasteiger partial charge >= 0.3 is 0 Å². The molecule has 128 valence electrons. The van der Waals surface area contributed by atoms with Gasteiger partial charge in [-0.1, -0.05) is 18.2 Å². The van der Waals surface area contributed by atoms with Crippen molar-refractivity contribution in [3.05, 3.63) is 34.9 Å². The number of nitrogens with one attached hydrogen (secondary N) is 1. The Balaban J connectivity index is 1.42. The first kappa shape index (κ1) is 15.6. The molecule has 0 aliphatic carbocycles. The molecule has 0 spiro atoms. The van der Waals surface area contributed by atoms with Crippen molar-refractivity contribution in [3.63, 3.8) is 0 Å². The molecule has 1 aromatic rings. The van der Waals surface area contributed by atoms with E-state index in [0.29, 0.717) is 6.54 Å².